The van der Waals surface area contributed by atoms with E-state index in [0.29, 0.717) is 18.5 Å². The van der Waals surface area contributed by atoms with Crippen molar-refractivity contribution in [2.45, 2.75) is 25.8 Å². The number of rotatable bonds is 7. The normalized spacial score (nSPS) is 10.2. The first-order valence-corrected chi connectivity index (χ1v) is 7.35. The number of nitrogens with zero attached hydrogens (tertiary/aromatic N) is 1. The topological polar surface area (TPSA) is 63.4 Å². The molecule has 104 valence electrons. The van der Waals surface area contributed by atoms with Crippen LogP contribution in [0.1, 0.15) is 35.2 Å². The molecule has 19 heavy (non-hydrogen) atoms. The lowest BCUT2D eigenvalue weighted by molar-refractivity contribution is -0.130. The van der Waals surface area contributed by atoms with Crippen molar-refractivity contribution in [3.05, 3.63) is 35.4 Å². The highest BCUT2D eigenvalue weighted by atomic mass is 79.9. The Hall–Kier alpha value is -1.36. The first-order valence-electron chi connectivity index (χ1n) is 6.23. The molecule has 0 atom stereocenters. The monoisotopic (exact) mass is 326 g/mol. The highest BCUT2D eigenvalue weighted by Crippen LogP contribution is 2.08. The van der Waals surface area contributed by atoms with Crippen LogP contribution >= 0.6 is 15.9 Å². The summed E-state index contributed by atoms with van der Waals surface area (Å²) >= 11 is 3.35. The number of carbonyl (C=O) groups is 2. The molecule has 0 aliphatic carbocycles. The SMILES string of the molecule is CN(Cc1ccc(C(N)=O)cc1)C(=O)CCCCBr. The summed E-state index contributed by atoms with van der Waals surface area (Å²) in [6.45, 7) is 0.548. The smallest absolute Gasteiger partial charge is 0.248 e. The first-order chi connectivity index (χ1) is 9.04. The largest absolute Gasteiger partial charge is 0.366 e. The highest BCUT2D eigenvalue weighted by Gasteiger charge is 2.09. The summed E-state index contributed by atoms with van der Waals surface area (Å²) in [7, 11) is 1.79. The average Bonchev–Trinajstić information content (AvgIpc) is 2.39. The summed E-state index contributed by atoms with van der Waals surface area (Å²) in [5, 5.41) is 0.929. The minimum absolute atomic E-state index is 0.139. The van der Waals surface area contributed by atoms with Gasteiger partial charge in [0.05, 0.1) is 0 Å². The maximum absolute atomic E-state index is 11.8. The zero-order valence-corrected chi connectivity index (χ0v) is 12.6. The van der Waals surface area contributed by atoms with Gasteiger partial charge in [-0.25, -0.2) is 0 Å². The van der Waals surface area contributed by atoms with E-state index in [0.717, 1.165) is 23.7 Å². The van der Waals surface area contributed by atoms with Crippen molar-refractivity contribution in [3.63, 3.8) is 0 Å². The van der Waals surface area contributed by atoms with E-state index in [9.17, 15) is 9.59 Å². The predicted octanol–water partition coefficient (Wildman–Crippen LogP) is 2.31. The zero-order valence-electron chi connectivity index (χ0n) is 11.1. The van der Waals surface area contributed by atoms with Crippen LogP contribution < -0.4 is 5.73 Å². The Balaban J connectivity index is 2.49. The number of hydrogen-bond donors (Lipinski definition) is 1. The lowest BCUT2D eigenvalue weighted by Gasteiger charge is -2.17. The molecule has 2 N–H and O–H groups in total. The van der Waals surface area contributed by atoms with Crippen LogP contribution in [-0.2, 0) is 11.3 Å². The van der Waals surface area contributed by atoms with Gasteiger partial charge in [-0.05, 0) is 30.5 Å². The van der Waals surface area contributed by atoms with Crippen LogP contribution in [0.5, 0.6) is 0 Å². The third kappa shape index (κ3) is 5.42. The number of alkyl halides is 1. The molecule has 0 heterocycles. The Morgan fingerprint density at radius 1 is 1.21 bits per heavy atom. The molecule has 0 spiro atoms. The van der Waals surface area contributed by atoms with Crippen LogP contribution in [0.25, 0.3) is 0 Å². The van der Waals surface area contributed by atoms with Crippen molar-refractivity contribution in [1.29, 1.82) is 0 Å². The third-order valence-corrected chi connectivity index (χ3v) is 3.42. The van der Waals surface area contributed by atoms with E-state index in [-0.39, 0.29) is 5.91 Å². The Bertz CT molecular complexity index is 432. The van der Waals surface area contributed by atoms with E-state index in [1.807, 2.05) is 12.1 Å². The van der Waals surface area contributed by atoms with Crippen molar-refractivity contribution in [2.75, 3.05) is 12.4 Å². The minimum Gasteiger partial charge on any atom is -0.366 e. The standard InChI is InChI=1S/C14H19BrN2O2/c1-17(13(18)4-2-3-9-15)10-11-5-7-12(8-6-11)14(16)19/h5-8H,2-4,9-10H2,1H3,(H2,16,19). The van der Waals surface area contributed by atoms with Gasteiger partial charge in [0.2, 0.25) is 11.8 Å². The predicted molar refractivity (Wildman–Crippen MR) is 79.1 cm³/mol. The number of halogens is 1. The molecule has 1 aromatic rings. The zero-order chi connectivity index (χ0) is 14.3. The summed E-state index contributed by atoms with van der Waals surface area (Å²) in [5.74, 6) is -0.300. The highest BCUT2D eigenvalue weighted by molar-refractivity contribution is 9.09. The second-order valence-electron chi connectivity index (χ2n) is 4.46. The Morgan fingerprint density at radius 2 is 1.84 bits per heavy atom. The Morgan fingerprint density at radius 3 is 2.37 bits per heavy atom. The van der Waals surface area contributed by atoms with E-state index >= 15 is 0 Å². The van der Waals surface area contributed by atoms with Gasteiger partial charge in [0.15, 0.2) is 0 Å². The van der Waals surface area contributed by atoms with Crippen LogP contribution in [0.15, 0.2) is 24.3 Å². The molecule has 0 aliphatic heterocycles. The van der Waals surface area contributed by atoms with Crippen LogP contribution in [0.2, 0.25) is 0 Å². The van der Waals surface area contributed by atoms with Crippen molar-refractivity contribution < 1.29 is 9.59 Å². The third-order valence-electron chi connectivity index (χ3n) is 2.86. The lowest BCUT2D eigenvalue weighted by atomic mass is 10.1. The van der Waals surface area contributed by atoms with Crippen LogP contribution in [0.4, 0.5) is 0 Å². The molecule has 0 radical (unpaired) electrons. The van der Waals surface area contributed by atoms with Crippen LogP contribution in [0, 0.1) is 0 Å². The van der Waals surface area contributed by atoms with Gasteiger partial charge in [0.25, 0.3) is 0 Å². The maximum atomic E-state index is 11.8. The molecule has 1 aromatic carbocycles. The van der Waals surface area contributed by atoms with E-state index in [1.54, 1.807) is 24.1 Å². The fourth-order valence-corrected chi connectivity index (χ4v) is 2.09. The first kappa shape index (κ1) is 15.7. The molecule has 0 saturated carbocycles. The fourth-order valence-electron chi connectivity index (χ4n) is 1.70. The summed E-state index contributed by atoms with van der Waals surface area (Å²) in [4.78, 5) is 24.5. The molecule has 5 heteroatoms. The van der Waals surface area contributed by atoms with Gasteiger partial charge in [-0.2, -0.15) is 0 Å². The number of nitrogens with two attached hydrogens (primary N) is 1. The molecule has 0 aromatic heterocycles. The molecular formula is C14H19BrN2O2. The van der Waals surface area contributed by atoms with Gasteiger partial charge in [-0.3, -0.25) is 9.59 Å². The molecule has 4 nitrogen and oxygen atoms in total. The fraction of sp³-hybridized carbons (Fsp3) is 0.429. The van der Waals surface area contributed by atoms with Gasteiger partial charge in [0.1, 0.15) is 0 Å². The summed E-state index contributed by atoms with van der Waals surface area (Å²) in [6, 6.07) is 7.01. The van der Waals surface area contributed by atoms with E-state index < -0.39 is 5.91 Å². The summed E-state index contributed by atoms with van der Waals surface area (Å²) < 4.78 is 0. The number of benzene rings is 1. The van der Waals surface area contributed by atoms with Gasteiger partial charge in [-0.15, -0.1) is 0 Å². The molecule has 0 saturated heterocycles. The van der Waals surface area contributed by atoms with E-state index in [2.05, 4.69) is 15.9 Å². The van der Waals surface area contributed by atoms with Crippen molar-refractivity contribution in [3.8, 4) is 0 Å². The Labute approximate surface area is 122 Å². The molecule has 0 fully saturated rings. The van der Waals surface area contributed by atoms with Crippen LogP contribution in [-0.4, -0.2) is 29.1 Å². The molecule has 1 rings (SSSR count). The van der Waals surface area contributed by atoms with Crippen LogP contribution in [0.3, 0.4) is 0 Å². The number of hydrogen-bond acceptors (Lipinski definition) is 2. The molecule has 0 unspecified atom stereocenters. The lowest BCUT2D eigenvalue weighted by Crippen LogP contribution is -2.25. The molecular weight excluding hydrogens is 308 g/mol. The quantitative estimate of drug-likeness (QED) is 0.617. The second-order valence-corrected chi connectivity index (χ2v) is 5.25. The Kier molecular flexibility index (Phi) is 6.56. The number of carbonyl (C=O) groups excluding carboxylic acids is 2. The van der Waals surface area contributed by atoms with Gasteiger partial charge < -0.3 is 10.6 Å². The van der Waals surface area contributed by atoms with Crippen molar-refractivity contribution >= 4 is 27.7 Å². The average molecular weight is 327 g/mol. The van der Waals surface area contributed by atoms with Gasteiger partial charge in [-0.1, -0.05) is 28.1 Å². The number of primary amides is 1. The van der Waals surface area contributed by atoms with Crippen molar-refractivity contribution in [2.24, 2.45) is 5.73 Å². The summed E-state index contributed by atoms with van der Waals surface area (Å²) in [5.41, 5.74) is 6.64. The minimum atomic E-state index is -0.439. The number of unbranched alkanes of at least 4 members (excludes halogenated alkanes) is 1. The molecule has 0 bridgehead atoms. The molecule has 2 amide bonds. The molecule has 0 aliphatic rings. The second kappa shape index (κ2) is 7.94. The van der Waals surface area contributed by atoms with E-state index in [1.165, 1.54) is 0 Å². The number of amides is 2. The van der Waals surface area contributed by atoms with E-state index in [4.69, 9.17) is 5.73 Å². The summed E-state index contributed by atoms with van der Waals surface area (Å²) in [6.07, 6.45) is 2.48. The maximum Gasteiger partial charge on any atom is 0.248 e. The van der Waals surface area contributed by atoms with Gasteiger partial charge >= 0.3 is 0 Å². The van der Waals surface area contributed by atoms with Crippen molar-refractivity contribution in [1.82, 2.24) is 4.90 Å². The van der Waals surface area contributed by atoms with Gasteiger partial charge in [0, 0.05) is 30.9 Å².